The number of rotatable bonds is 4. The summed E-state index contributed by atoms with van der Waals surface area (Å²) in [7, 11) is 0. The van der Waals surface area contributed by atoms with Gasteiger partial charge in [-0.25, -0.2) is 4.98 Å². The summed E-state index contributed by atoms with van der Waals surface area (Å²) in [6, 6.07) is 7.23. The molecule has 1 aromatic carbocycles. The van der Waals surface area contributed by atoms with Crippen LogP contribution < -0.4 is 5.32 Å². The third kappa shape index (κ3) is 3.81. The van der Waals surface area contributed by atoms with Gasteiger partial charge in [0.2, 0.25) is 0 Å². The van der Waals surface area contributed by atoms with Crippen molar-refractivity contribution in [3.05, 3.63) is 34.8 Å². The minimum atomic E-state index is 0.105. The molecule has 0 spiro atoms. The predicted molar refractivity (Wildman–Crippen MR) is 85.2 cm³/mol. The molecule has 3 nitrogen and oxygen atoms in total. The molecule has 108 valence electrons. The van der Waals surface area contributed by atoms with Gasteiger partial charge in [-0.15, -0.1) is 11.3 Å². The number of nitrogens with one attached hydrogen (secondary N) is 1. The minimum Gasteiger partial charge on any atom is -0.508 e. The van der Waals surface area contributed by atoms with Crippen LogP contribution in [-0.4, -0.2) is 15.6 Å². The molecule has 0 saturated heterocycles. The fourth-order valence-corrected chi connectivity index (χ4v) is 2.97. The minimum absolute atomic E-state index is 0.105. The van der Waals surface area contributed by atoms with Crippen LogP contribution in [0.2, 0.25) is 0 Å². The van der Waals surface area contributed by atoms with Crippen molar-refractivity contribution in [3.8, 4) is 16.3 Å². The highest BCUT2D eigenvalue weighted by molar-refractivity contribution is 7.15. The first-order valence-electron chi connectivity index (χ1n) is 6.92. The van der Waals surface area contributed by atoms with Gasteiger partial charge >= 0.3 is 0 Å². The van der Waals surface area contributed by atoms with Gasteiger partial charge in [0.15, 0.2) is 0 Å². The largest absolute Gasteiger partial charge is 0.508 e. The zero-order valence-electron chi connectivity index (χ0n) is 12.5. The van der Waals surface area contributed by atoms with Crippen LogP contribution in [0.15, 0.2) is 24.3 Å². The average molecular weight is 290 g/mol. The second-order valence-corrected chi connectivity index (χ2v) is 6.98. The summed E-state index contributed by atoms with van der Waals surface area (Å²) in [6.07, 6.45) is 0.940. The molecule has 0 unspecified atom stereocenters. The number of aromatic hydroxyl groups is 1. The van der Waals surface area contributed by atoms with Crippen molar-refractivity contribution in [2.75, 3.05) is 0 Å². The van der Waals surface area contributed by atoms with E-state index >= 15 is 0 Å². The number of aromatic nitrogens is 1. The van der Waals surface area contributed by atoms with Crippen LogP contribution >= 0.6 is 11.3 Å². The first-order valence-corrected chi connectivity index (χ1v) is 7.73. The zero-order chi connectivity index (χ0) is 14.8. The molecule has 0 amide bonds. The van der Waals surface area contributed by atoms with E-state index in [1.54, 1.807) is 23.5 Å². The molecular weight excluding hydrogens is 268 g/mol. The average Bonchev–Trinajstić information content (AvgIpc) is 2.79. The Morgan fingerprint density at radius 2 is 1.85 bits per heavy atom. The van der Waals surface area contributed by atoms with Gasteiger partial charge in [0.1, 0.15) is 10.8 Å². The Kier molecular flexibility index (Phi) is 4.45. The Morgan fingerprint density at radius 1 is 1.20 bits per heavy atom. The predicted octanol–water partition coefficient (Wildman–Crippen LogP) is 3.97. The molecule has 0 atom stereocenters. The Hall–Kier alpha value is -1.39. The van der Waals surface area contributed by atoms with Crippen molar-refractivity contribution in [1.29, 1.82) is 0 Å². The molecule has 2 N–H and O–H groups in total. The SMILES string of the molecule is CCc1nc(-c2ccc(O)cc2)sc1CNC(C)(C)C. The number of hydrogen-bond acceptors (Lipinski definition) is 4. The topological polar surface area (TPSA) is 45.2 Å². The van der Waals surface area contributed by atoms with E-state index in [0.717, 1.165) is 29.2 Å². The maximum Gasteiger partial charge on any atom is 0.123 e. The number of hydrogen-bond donors (Lipinski definition) is 2. The zero-order valence-corrected chi connectivity index (χ0v) is 13.3. The maximum absolute atomic E-state index is 9.36. The third-order valence-corrected chi connectivity index (χ3v) is 4.15. The van der Waals surface area contributed by atoms with Crippen LogP contribution in [0.1, 0.15) is 38.3 Å². The summed E-state index contributed by atoms with van der Waals surface area (Å²) >= 11 is 1.73. The number of nitrogens with zero attached hydrogens (tertiary/aromatic N) is 1. The second kappa shape index (κ2) is 5.94. The summed E-state index contributed by atoms with van der Waals surface area (Å²) in [5.41, 5.74) is 2.33. The van der Waals surface area contributed by atoms with Crippen LogP contribution in [0.25, 0.3) is 10.6 Å². The van der Waals surface area contributed by atoms with Crippen molar-refractivity contribution in [1.82, 2.24) is 10.3 Å². The molecule has 2 rings (SSSR count). The number of thiazole rings is 1. The fourth-order valence-electron chi connectivity index (χ4n) is 1.87. The van der Waals surface area contributed by atoms with Gasteiger partial charge in [0, 0.05) is 22.5 Å². The highest BCUT2D eigenvalue weighted by Crippen LogP contribution is 2.29. The first kappa shape index (κ1) is 15.0. The van der Waals surface area contributed by atoms with Crippen molar-refractivity contribution >= 4 is 11.3 Å². The molecule has 0 aliphatic rings. The molecular formula is C16H22N2OS. The number of phenolic OH excluding ortho intramolecular Hbond substituents is 1. The standard InChI is InChI=1S/C16H22N2OS/c1-5-13-14(10-17-16(2,3)4)20-15(18-13)11-6-8-12(19)9-7-11/h6-9,17,19H,5,10H2,1-4H3. The second-order valence-electron chi connectivity index (χ2n) is 5.89. The fraction of sp³-hybridized carbons (Fsp3) is 0.438. The van der Waals surface area contributed by atoms with E-state index in [0.29, 0.717) is 0 Å². The normalized spacial score (nSPS) is 11.8. The first-order chi connectivity index (χ1) is 9.39. The Labute approximate surface area is 124 Å². The molecule has 1 heterocycles. The molecule has 4 heteroatoms. The number of aryl methyl sites for hydroxylation is 1. The van der Waals surface area contributed by atoms with Crippen LogP contribution in [0, 0.1) is 0 Å². The molecule has 0 bridgehead atoms. The Bertz CT molecular complexity index is 567. The van der Waals surface area contributed by atoms with Gasteiger partial charge in [0.25, 0.3) is 0 Å². The van der Waals surface area contributed by atoms with E-state index in [4.69, 9.17) is 4.98 Å². The summed E-state index contributed by atoms with van der Waals surface area (Å²) in [4.78, 5) is 6.02. The molecule has 0 radical (unpaired) electrons. The lowest BCUT2D eigenvalue weighted by Crippen LogP contribution is -2.35. The van der Waals surface area contributed by atoms with Crippen LogP contribution in [-0.2, 0) is 13.0 Å². The van der Waals surface area contributed by atoms with Crippen molar-refractivity contribution in [3.63, 3.8) is 0 Å². The lowest BCUT2D eigenvalue weighted by atomic mass is 10.1. The van der Waals surface area contributed by atoms with Crippen molar-refractivity contribution in [2.45, 2.75) is 46.2 Å². The van der Waals surface area contributed by atoms with Gasteiger partial charge in [0.05, 0.1) is 5.69 Å². The molecule has 0 saturated carbocycles. The molecule has 20 heavy (non-hydrogen) atoms. The molecule has 0 fully saturated rings. The van der Waals surface area contributed by atoms with E-state index in [2.05, 4.69) is 33.0 Å². The quantitative estimate of drug-likeness (QED) is 0.895. The third-order valence-electron chi connectivity index (χ3n) is 3.01. The summed E-state index contributed by atoms with van der Waals surface area (Å²) < 4.78 is 0. The lowest BCUT2D eigenvalue weighted by Gasteiger charge is -2.20. The van der Waals surface area contributed by atoms with Gasteiger partial charge < -0.3 is 10.4 Å². The van der Waals surface area contributed by atoms with Crippen molar-refractivity contribution < 1.29 is 5.11 Å². The molecule has 2 aromatic rings. The van der Waals surface area contributed by atoms with E-state index in [1.807, 2.05) is 12.1 Å². The highest BCUT2D eigenvalue weighted by atomic mass is 32.1. The van der Waals surface area contributed by atoms with Crippen LogP contribution in [0.5, 0.6) is 5.75 Å². The van der Waals surface area contributed by atoms with E-state index in [1.165, 1.54) is 4.88 Å². The van der Waals surface area contributed by atoms with E-state index in [9.17, 15) is 5.11 Å². The Balaban J connectivity index is 2.24. The molecule has 1 aromatic heterocycles. The van der Waals surface area contributed by atoms with E-state index < -0.39 is 0 Å². The summed E-state index contributed by atoms with van der Waals surface area (Å²) in [5.74, 6) is 0.288. The van der Waals surface area contributed by atoms with Crippen LogP contribution in [0.4, 0.5) is 0 Å². The van der Waals surface area contributed by atoms with Gasteiger partial charge in [-0.2, -0.15) is 0 Å². The monoisotopic (exact) mass is 290 g/mol. The van der Waals surface area contributed by atoms with Gasteiger partial charge in [-0.3, -0.25) is 0 Å². The smallest absolute Gasteiger partial charge is 0.123 e. The number of benzene rings is 1. The van der Waals surface area contributed by atoms with Gasteiger partial charge in [-0.05, 0) is 51.5 Å². The maximum atomic E-state index is 9.36. The Morgan fingerprint density at radius 3 is 2.40 bits per heavy atom. The molecule has 0 aliphatic heterocycles. The van der Waals surface area contributed by atoms with E-state index in [-0.39, 0.29) is 11.3 Å². The highest BCUT2D eigenvalue weighted by Gasteiger charge is 2.14. The van der Waals surface area contributed by atoms with Crippen LogP contribution in [0.3, 0.4) is 0 Å². The lowest BCUT2D eigenvalue weighted by molar-refractivity contribution is 0.425. The number of phenols is 1. The van der Waals surface area contributed by atoms with Crippen molar-refractivity contribution in [2.24, 2.45) is 0 Å². The summed E-state index contributed by atoms with van der Waals surface area (Å²) in [6.45, 7) is 9.49. The summed E-state index contributed by atoms with van der Waals surface area (Å²) in [5, 5.41) is 13.9. The molecule has 0 aliphatic carbocycles. The van der Waals surface area contributed by atoms with Gasteiger partial charge in [-0.1, -0.05) is 6.92 Å².